The van der Waals surface area contributed by atoms with E-state index in [4.69, 9.17) is 4.74 Å². The van der Waals surface area contributed by atoms with Gasteiger partial charge < -0.3 is 4.74 Å². The van der Waals surface area contributed by atoms with Gasteiger partial charge in [-0.3, -0.25) is 34.2 Å². The minimum Gasteiger partial charge on any atom is -0.464 e. The Labute approximate surface area is 169 Å². The fourth-order valence-electron chi connectivity index (χ4n) is 2.99. The van der Waals surface area contributed by atoms with Crippen LogP contribution in [0.3, 0.4) is 0 Å². The molecule has 9 nitrogen and oxygen atoms in total. The van der Waals surface area contributed by atoms with Crippen LogP contribution in [-0.4, -0.2) is 46.5 Å². The van der Waals surface area contributed by atoms with Crippen LogP contribution in [0.5, 0.6) is 0 Å². The molecule has 0 aromatic heterocycles. The molecule has 3 rings (SSSR count). The second kappa shape index (κ2) is 8.60. The number of hydrogen-bond acceptors (Lipinski definition) is 7. The SMILES string of the molecule is O=C(CN1C(=O)c2cccc([N+](=O)[O-])c2C1=O)OCCCC(=O)c1ccc(F)cc1. The second-order valence-electron chi connectivity index (χ2n) is 6.41. The second-order valence-corrected chi connectivity index (χ2v) is 6.41. The van der Waals surface area contributed by atoms with Crippen LogP contribution in [0.4, 0.5) is 10.1 Å². The van der Waals surface area contributed by atoms with Crippen LogP contribution < -0.4 is 0 Å². The molecule has 0 saturated carbocycles. The van der Waals surface area contributed by atoms with Crippen molar-refractivity contribution in [1.82, 2.24) is 4.90 Å². The smallest absolute Gasteiger partial charge is 0.326 e. The van der Waals surface area contributed by atoms with Gasteiger partial charge in [-0.2, -0.15) is 0 Å². The summed E-state index contributed by atoms with van der Waals surface area (Å²) in [4.78, 5) is 59.5. The number of imide groups is 1. The zero-order chi connectivity index (χ0) is 21.8. The van der Waals surface area contributed by atoms with E-state index < -0.39 is 40.8 Å². The number of rotatable bonds is 8. The number of fused-ring (bicyclic) bond motifs is 1. The number of halogens is 1. The summed E-state index contributed by atoms with van der Waals surface area (Å²) in [5.74, 6) is -3.35. The molecular formula is C20H15FN2O7. The number of carbonyl (C=O) groups is 4. The first-order valence-corrected chi connectivity index (χ1v) is 8.87. The van der Waals surface area contributed by atoms with Gasteiger partial charge in [-0.15, -0.1) is 0 Å². The average molecular weight is 414 g/mol. The Hall–Kier alpha value is -3.95. The molecule has 0 fully saturated rings. The lowest BCUT2D eigenvalue weighted by molar-refractivity contribution is -0.385. The van der Waals surface area contributed by atoms with Gasteiger partial charge in [0.25, 0.3) is 17.5 Å². The van der Waals surface area contributed by atoms with Gasteiger partial charge in [0, 0.05) is 18.1 Å². The maximum Gasteiger partial charge on any atom is 0.326 e. The van der Waals surface area contributed by atoms with Crippen LogP contribution in [0.25, 0.3) is 0 Å². The summed E-state index contributed by atoms with van der Waals surface area (Å²) < 4.78 is 17.8. The maximum atomic E-state index is 12.9. The molecule has 0 radical (unpaired) electrons. The summed E-state index contributed by atoms with van der Waals surface area (Å²) in [6.07, 6.45) is 0.244. The number of benzene rings is 2. The molecule has 0 atom stereocenters. The molecule has 1 aliphatic heterocycles. The molecule has 154 valence electrons. The highest BCUT2D eigenvalue weighted by Crippen LogP contribution is 2.30. The fourth-order valence-corrected chi connectivity index (χ4v) is 2.99. The third-order valence-electron chi connectivity index (χ3n) is 4.44. The lowest BCUT2D eigenvalue weighted by Gasteiger charge is -2.12. The predicted molar refractivity (Wildman–Crippen MR) is 99.4 cm³/mol. The average Bonchev–Trinajstić information content (AvgIpc) is 2.96. The highest BCUT2D eigenvalue weighted by atomic mass is 19.1. The fraction of sp³-hybridized carbons (Fsp3) is 0.200. The Bertz CT molecular complexity index is 1050. The molecule has 2 aromatic rings. The monoisotopic (exact) mass is 414 g/mol. The Morgan fingerprint density at radius 1 is 1.07 bits per heavy atom. The Kier molecular flexibility index (Phi) is 5.95. The number of ketones is 1. The molecule has 0 spiro atoms. The minimum absolute atomic E-state index is 0.0537. The third-order valence-corrected chi connectivity index (χ3v) is 4.44. The standard InChI is InChI=1S/C20H15FN2O7/c21-13-8-6-12(7-9-13)16(24)5-2-10-30-17(25)11-22-19(26)14-3-1-4-15(23(28)29)18(14)20(22)27/h1,3-4,6-9H,2,5,10-11H2. The van der Waals surface area contributed by atoms with Crippen LogP contribution in [0.1, 0.15) is 43.9 Å². The number of esters is 1. The largest absolute Gasteiger partial charge is 0.464 e. The summed E-state index contributed by atoms with van der Waals surface area (Å²) in [7, 11) is 0. The van der Waals surface area contributed by atoms with E-state index in [0.717, 1.165) is 6.07 Å². The molecule has 0 saturated heterocycles. The molecule has 2 aromatic carbocycles. The van der Waals surface area contributed by atoms with E-state index in [0.29, 0.717) is 10.5 Å². The van der Waals surface area contributed by atoms with Crippen molar-refractivity contribution in [2.75, 3.05) is 13.2 Å². The van der Waals surface area contributed by atoms with Crippen LogP contribution in [0.15, 0.2) is 42.5 Å². The summed E-state index contributed by atoms with van der Waals surface area (Å²) in [5, 5.41) is 11.1. The van der Waals surface area contributed by atoms with Gasteiger partial charge in [0.05, 0.1) is 17.1 Å². The number of hydrogen-bond donors (Lipinski definition) is 0. The van der Waals surface area contributed by atoms with Crippen molar-refractivity contribution in [3.8, 4) is 0 Å². The highest BCUT2D eigenvalue weighted by Gasteiger charge is 2.41. The lowest BCUT2D eigenvalue weighted by Crippen LogP contribution is -2.35. The van der Waals surface area contributed by atoms with Crippen molar-refractivity contribution in [3.05, 3.63) is 75.1 Å². The Balaban J connectivity index is 1.52. The first-order chi connectivity index (χ1) is 14.3. The normalized spacial score (nSPS) is 12.6. The minimum atomic E-state index is -0.939. The number of carbonyl (C=O) groups excluding carboxylic acids is 4. The van der Waals surface area contributed by atoms with E-state index in [1.54, 1.807) is 0 Å². The number of Topliss-reactive ketones (excluding diaryl/α,β-unsaturated/α-hetero) is 1. The van der Waals surface area contributed by atoms with Gasteiger partial charge in [-0.1, -0.05) is 6.07 Å². The first-order valence-electron chi connectivity index (χ1n) is 8.87. The van der Waals surface area contributed by atoms with Crippen molar-refractivity contribution in [2.24, 2.45) is 0 Å². The summed E-state index contributed by atoms with van der Waals surface area (Å²) in [5.41, 5.74) is -0.687. The van der Waals surface area contributed by atoms with Gasteiger partial charge in [0.1, 0.15) is 17.9 Å². The van der Waals surface area contributed by atoms with Crippen molar-refractivity contribution >= 4 is 29.3 Å². The molecule has 1 aliphatic rings. The number of nitro benzene ring substituents is 1. The van der Waals surface area contributed by atoms with E-state index in [-0.39, 0.29) is 36.4 Å². The summed E-state index contributed by atoms with van der Waals surface area (Å²) in [6.45, 7) is -0.829. The highest BCUT2D eigenvalue weighted by molar-refractivity contribution is 6.24. The van der Waals surface area contributed by atoms with Crippen LogP contribution in [0, 0.1) is 15.9 Å². The predicted octanol–water partition coefficient (Wildman–Crippen LogP) is 2.54. The van der Waals surface area contributed by atoms with Crippen LogP contribution in [-0.2, 0) is 9.53 Å². The van der Waals surface area contributed by atoms with Crippen molar-refractivity contribution in [3.63, 3.8) is 0 Å². The van der Waals surface area contributed by atoms with Gasteiger partial charge in [-0.05, 0) is 36.8 Å². The molecule has 1 heterocycles. The summed E-state index contributed by atoms with van der Waals surface area (Å²) in [6, 6.07) is 8.69. The van der Waals surface area contributed by atoms with Crippen molar-refractivity contribution in [1.29, 1.82) is 0 Å². The van der Waals surface area contributed by atoms with Gasteiger partial charge in [-0.25, -0.2) is 4.39 Å². The number of ether oxygens (including phenoxy) is 1. The van der Waals surface area contributed by atoms with Gasteiger partial charge in [0.15, 0.2) is 5.78 Å². The summed E-state index contributed by atoms with van der Waals surface area (Å²) >= 11 is 0. The molecule has 0 unspecified atom stereocenters. The van der Waals surface area contributed by atoms with E-state index in [2.05, 4.69) is 0 Å². The maximum absolute atomic E-state index is 12.9. The molecule has 2 amide bonds. The van der Waals surface area contributed by atoms with Gasteiger partial charge >= 0.3 is 5.97 Å². The lowest BCUT2D eigenvalue weighted by atomic mass is 10.1. The zero-order valence-corrected chi connectivity index (χ0v) is 15.5. The molecule has 30 heavy (non-hydrogen) atoms. The Morgan fingerprint density at radius 2 is 1.77 bits per heavy atom. The van der Waals surface area contributed by atoms with Gasteiger partial charge in [0.2, 0.25) is 0 Å². The quantitative estimate of drug-likeness (QED) is 0.162. The number of nitrogens with zero attached hydrogens (tertiary/aromatic N) is 2. The number of nitro groups is 1. The van der Waals surface area contributed by atoms with Crippen molar-refractivity contribution < 1.29 is 33.2 Å². The Morgan fingerprint density at radius 3 is 2.43 bits per heavy atom. The van der Waals surface area contributed by atoms with E-state index in [1.807, 2.05) is 0 Å². The topological polar surface area (TPSA) is 124 Å². The first kappa shape index (κ1) is 20.8. The van der Waals surface area contributed by atoms with E-state index in [1.165, 1.54) is 36.4 Å². The van der Waals surface area contributed by atoms with E-state index >= 15 is 0 Å². The molecule has 0 N–H and O–H groups in total. The number of amides is 2. The molecule has 0 bridgehead atoms. The molecule has 10 heteroatoms. The third kappa shape index (κ3) is 4.22. The van der Waals surface area contributed by atoms with Crippen molar-refractivity contribution in [2.45, 2.75) is 12.8 Å². The van der Waals surface area contributed by atoms with Crippen LogP contribution in [0.2, 0.25) is 0 Å². The van der Waals surface area contributed by atoms with E-state index in [9.17, 15) is 33.7 Å². The molecular weight excluding hydrogens is 399 g/mol. The zero-order valence-electron chi connectivity index (χ0n) is 15.5. The van der Waals surface area contributed by atoms with Crippen LogP contribution >= 0.6 is 0 Å². The molecule has 0 aliphatic carbocycles.